The number of likely N-dealkylation sites (N-methyl/N-ethyl adjacent to an activating group) is 1. The van der Waals surface area contributed by atoms with E-state index in [-0.39, 0.29) is 11.9 Å². The van der Waals surface area contributed by atoms with Crippen molar-refractivity contribution < 1.29 is 9.53 Å². The van der Waals surface area contributed by atoms with E-state index in [2.05, 4.69) is 20.9 Å². The Bertz CT molecular complexity index is 722. The van der Waals surface area contributed by atoms with Crippen LogP contribution in [0, 0.1) is 0 Å². The molecule has 1 aliphatic heterocycles. The maximum Gasteiger partial charge on any atom is 0.237 e. The van der Waals surface area contributed by atoms with Gasteiger partial charge in [0.2, 0.25) is 5.91 Å². The number of unbranched alkanes of at least 4 members (excludes halogenated alkanes) is 1. The van der Waals surface area contributed by atoms with Crippen molar-refractivity contribution in [3.05, 3.63) is 27.7 Å². The van der Waals surface area contributed by atoms with Gasteiger partial charge >= 0.3 is 0 Å². The van der Waals surface area contributed by atoms with Crippen LogP contribution in [0.4, 0.5) is 0 Å². The Morgan fingerprint density at radius 1 is 1.26 bits per heavy atom. The molecule has 2 rings (SSSR count). The second-order valence-electron chi connectivity index (χ2n) is 7.64. The van der Waals surface area contributed by atoms with Crippen molar-refractivity contribution >= 4 is 35.1 Å². The summed E-state index contributed by atoms with van der Waals surface area (Å²) >= 11 is 12.7. The zero-order valence-corrected chi connectivity index (χ0v) is 19.9. The molecule has 0 fully saturated rings. The van der Waals surface area contributed by atoms with Crippen molar-refractivity contribution in [1.29, 1.82) is 0 Å². The number of nitrogens with zero attached hydrogens (tertiary/aromatic N) is 2. The summed E-state index contributed by atoms with van der Waals surface area (Å²) in [5.41, 5.74) is 6.37. The summed E-state index contributed by atoms with van der Waals surface area (Å²) < 4.78 is 5.63. The van der Waals surface area contributed by atoms with E-state index in [9.17, 15) is 4.79 Å². The van der Waals surface area contributed by atoms with Gasteiger partial charge in [-0.3, -0.25) is 14.7 Å². The third-order valence-electron chi connectivity index (χ3n) is 4.88. The fourth-order valence-electron chi connectivity index (χ4n) is 3.16. The molecule has 1 aliphatic rings. The van der Waals surface area contributed by atoms with E-state index in [0.717, 1.165) is 50.4 Å². The highest BCUT2D eigenvalue weighted by molar-refractivity contribution is 6.37. The smallest absolute Gasteiger partial charge is 0.237 e. The largest absolute Gasteiger partial charge is 0.490 e. The molecule has 8 nitrogen and oxygen atoms in total. The first kappa shape index (κ1) is 25.5. The van der Waals surface area contributed by atoms with E-state index in [4.69, 9.17) is 33.7 Å². The molecule has 5 N–H and O–H groups in total. The van der Waals surface area contributed by atoms with Crippen LogP contribution >= 0.6 is 23.2 Å². The molecule has 0 radical (unpaired) electrons. The number of guanidine groups is 1. The summed E-state index contributed by atoms with van der Waals surface area (Å²) in [5.74, 6) is 1.30. The van der Waals surface area contributed by atoms with Crippen LogP contribution in [0.2, 0.25) is 10.0 Å². The van der Waals surface area contributed by atoms with Gasteiger partial charge in [0.1, 0.15) is 0 Å². The van der Waals surface area contributed by atoms with Crippen molar-refractivity contribution in [3.8, 4) is 5.75 Å². The van der Waals surface area contributed by atoms with Crippen LogP contribution < -0.4 is 26.4 Å². The number of nitrogens with one attached hydrogen (secondary N) is 3. The van der Waals surface area contributed by atoms with Crippen LogP contribution in [0.5, 0.6) is 5.75 Å². The molecule has 0 saturated heterocycles. The van der Waals surface area contributed by atoms with Crippen LogP contribution in [0.1, 0.15) is 24.8 Å². The van der Waals surface area contributed by atoms with Gasteiger partial charge in [0.15, 0.2) is 11.7 Å². The summed E-state index contributed by atoms with van der Waals surface area (Å²) in [6.45, 7) is 4.17. The fraction of sp³-hybridized carbons (Fsp3) is 0.619. The summed E-state index contributed by atoms with van der Waals surface area (Å²) in [5, 5.41) is 10.3. The SMILES string of the molecule is CN(C)C(Cc1cc(Cl)c(OCCCN)c(Cl)c1)C(=O)NCCCCNC1=NCCN1. The first-order chi connectivity index (χ1) is 14.9. The van der Waals surface area contributed by atoms with Gasteiger partial charge in [-0.2, -0.15) is 0 Å². The summed E-state index contributed by atoms with van der Waals surface area (Å²) in [4.78, 5) is 18.9. The number of benzene rings is 1. The highest BCUT2D eigenvalue weighted by atomic mass is 35.5. The van der Waals surface area contributed by atoms with E-state index in [0.29, 0.717) is 41.9 Å². The topological polar surface area (TPSA) is 104 Å². The molecule has 1 heterocycles. The summed E-state index contributed by atoms with van der Waals surface area (Å²) in [7, 11) is 3.77. The van der Waals surface area contributed by atoms with Gasteiger partial charge in [0.25, 0.3) is 0 Å². The third kappa shape index (κ3) is 8.73. The molecule has 0 spiro atoms. The molecule has 1 aromatic carbocycles. The van der Waals surface area contributed by atoms with Gasteiger partial charge in [-0.15, -0.1) is 0 Å². The maximum absolute atomic E-state index is 12.7. The molecule has 174 valence electrons. The van der Waals surface area contributed by atoms with Gasteiger partial charge in [0.05, 0.1) is 29.2 Å². The number of hydrogen-bond donors (Lipinski definition) is 4. The number of ether oxygens (including phenoxy) is 1. The number of aliphatic imine (C=N–C) groups is 1. The van der Waals surface area contributed by atoms with Gasteiger partial charge in [0, 0.05) is 19.6 Å². The summed E-state index contributed by atoms with van der Waals surface area (Å²) in [6, 6.07) is 3.28. The van der Waals surface area contributed by atoms with E-state index in [1.54, 1.807) is 12.1 Å². The van der Waals surface area contributed by atoms with Gasteiger partial charge in [-0.05, 0) is 64.0 Å². The van der Waals surface area contributed by atoms with Crippen LogP contribution in [-0.4, -0.2) is 76.2 Å². The molecule has 0 aromatic heterocycles. The van der Waals surface area contributed by atoms with Crippen molar-refractivity contribution in [1.82, 2.24) is 20.9 Å². The second-order valence-corrected chi connectivity index (χ2v) is 8.46. The Labute approximate surface area is 194 Å². The van der Waals surface area contributed by atoms with Crippen molar-refractivity contribution in [3.63, 3.8) is 0 Å². The van der Waals surface area contributed by atoms with Crippen molar-refractivity contribution in [2.45, 2.75) is 31.7 Å². The lowest BCUT2D eigenvalue weighted by atomic mass is 10.0. The zero-order valence-electron chi connectivity index (χ0n) is 18.3. The standard InChI is InChI=1S/C21H34Cl2N6O2/c1-29(2)18(20(30)25-7-3-4-8-26-21-27-9-10-28-21)14-15-12-16(22)19(17(23)13-15)31-11-5-6-24/h12-13,18H,3-11,14,24H2,1-2H3,(H,25,30)(H2,26,27,28). The predicted molar refractivity (Wildman–Crippen MR) is 127 cm³/mol. The first-order valence-corrected chi connectivity index (χ1v) is 11.4. The fourth-order valence-corrected chi connectivity index (χ4v) is 3.80. The van der Waals surface area contributed by atoms with Gasteiger partial charge < -0.3 is 26.4 Å². The van der Waals surface area contributed by atoms with Crippen molar-refractivity contribution in [2.24, 2.45) is 10.7 Å². The molecule has 0 bridgehead atoms. The molecule has 1 unspecified atom stereocenters. The first-order valence-electron chi connectivity index (χ1n) is 10.7. The molecular formula is C21H34Cl2N6O2. The minimum absolute atomic E-state index is 0.0182. The van der Waals surface area contributed by atoms with E-state index >= 15 is 0 Å². The Morgan fingerprint density at radius 2 is 1.97 bits per heavy atom. The average molecular weight is 473 g/mol. The van der Waals surface area contributed by atoms with Crippen LogP contribution in [0.15, 0.2) is 17.1 Å². The quantitative estimate of drug-likeness (QED) is 0.325. The summed E-state index contributed by atoms with van der Waals surface area (Å²) in [6.07, 6.45) is 3.05. The molecule has 1 amide bonds. The Morgan fingerprint density at radius 3 is 2.58 bits per heavy atom. The van der Waals surface area contributed by atoms with Crippen LogP contribution in [-0.2, 0) is 11.2 Å². The van der Waals surface area contributed by atoms with Crippen LogP contribution in [0.25, 0.3) is 0 Å². The van der Waals surface area contributed by atoms with Gasteiger partial charge in [-0.1, -0.05) is 23.2 Å². The van der Waals surface area contributed by atoms with E-state index in [1.165, 1.54) is 0 Å². The number of carbonyl (C=O) groups is 1. The Balaban J connectivity index is 1.82. The molecule has 1 aromatic rings. The highest BCUT2D eigenvalue weighted by Crippen LogP contribution is 2.34. The lowest BCUT2D eigenvalue weighted by Crippen LogP contribution is -2.45. The minimum atomic E-state index is -0.327. The Hall–Kier alpha value is -1.74. The molecule has 10 heteroatoms. The van der Waals surface area contributed by atoms with Gasteiger partial charge in [-0.25, -0.2) is 0 Å². The number of amides is 1. The molecular weight excluding hydrogens is 439 g/mol. The lowest BCUT2D eigenvalue weighted by molar-refractivity contribution is -0.125. The number of carbonyl (C=O) groups excluding carboxylic acids is 1. The number of rotatable bonds is 13. The van der Waals surface area contributed by atoms with E-state index in [1.807, 2.05) is 19.0 Å². The second kappa shape index (κ2) is 13.6. The minimum Gasteiger partial charge on any atom is -0.490 e. The van der Waals surface area contributed by atoms with Crippen LogP contribution in [0.3, 0.4) is 0 Å². The Kier molecular flexibility index (Phi) is 11.2. The lowest BCUT2D eigenvalue weighted by Gasteiger charge is -2.24. The number of hydrogen-bond acceptors (Lipinski definition) is 7. The molecule has 1 atom stereocenters. The monoisotopic (exact) mass is 472 g/mol. The highest BCUT2D eigenvalue weighted by Gasteiger charge is 2.22. The number of nitrogens with two attached hydrogens (primary N) is 1. The maximum atomic E-state index is 12.7. The zero-order chi connectivity index (χ0) is 22.6. The molecule has 31 heavy (non-hydrogen) atoms. The third-order valence-corrected chi connectivity index (χ3v) is 5.44. The molecule has 0 aliphatic carbocycles. The number of halogens is 2. The van der Waals surface area contributed by atoms with E-state index < -0.39 is 0 Å². The molecule has 0 saturated carbocycles. The van der Waals surface area contributed by atoms with Crippen molar-refractivity contribution in [2.75, 3.05) is 53.4 Å². The normalized spacial score (nSPS) is 14.2. The average Bonchev–Trinajstić information content (AvgIpc) is 3.24. The predicted octanol–water partition coefficient (Wildman–Crippen LogP) is 1.64.